The standard InChI is InChI=1S/C17H25N3O2.ClH/c1-13(17(22)20-10-6-3-7-11-20)19-16(21)15(18)12-14-8-4-2-5-9-14;/h2,4-5,8-9,13,15H,3,6-7,10-12,18H2,1H3,(H,19,21);1H/t13?,15-;/m0./s1. The van der Waals surface area contributed by atoms with Gasteiger partial charge < -0.3 is 16.0 Å². The summed E-state index contributed by atoms with van der Waals surface area (Å²) in [5.74, 6) is -0.290. The van der Waals surface area contributed by atoms with Crippen molar-refractivity contribution in [3.8, 4) is 0 Å². The number of hydrogen-bond donors (Lipinski definition) is 2. The molecule has 5 nitrogen and oxygen atoms in total. The highest BCUT2D eigenvalue weighted by Gasteiger charge is 2.25. The van der Waals surface area contributed by atoms with E-state index in [1.54, 1.807) is 6.92 Å². The smallest absolute Gasteiger partial charge is 0.244 e. The summed E-state index contributed by atoms with van der Waals surface area (Å²) in [6.07, 6.45) is 3.73. The summed E-state index contributed by atoms with van der Waals surface area (Å²) in [5.41, 5.74) is 6.95. The monoisotopic (exact) mass is 339 g/mol. The lowest BCUT2D eigenvalue weighted by atomic mass is 10.1. The summed E-state index contributed by atoms with van der Waals surface area (Å²) in [6.45, 7) is 3.30. The maximum atomic E-state index is 12.3. The minimum Gasteiger partial charge on any atom is -0.343 e. The van der Waals surface area contributed by atoms with Gasteiger partial charge in [0.1, 0.15) is 6.04 Å². The topological polar surface area (TPSA) is 75.4 Å². The fourth-order valence-corrected chi connectivity index (χ4v) is 2.73. The fourth-order valence-electron chi connectivity index (χ4n) is 2.73. The molecule has 3 N–H and O–H groups in total. The van der Waals surface area contributed by atoms with Crippen molar-refractivity contribution in [2.45, 2.75) is 44.7 Å². The lowest BCUT2D eigenvalue weighted by molar-refractivity contribution is -0.137. The minimum atomic E-state index is -0.640. The zero-order valence-corrected chi connectivity index (χ0v) is 14.3. The van der Waals surface area contributed by atoms with Crippen molar-refractivity contribution < 1.29 is 9.59 Å². The largest absolute Gasteiger partial charge is 0.343 e. The molecule has 2 atom stereocenters. The van der Waals surface area contributed by atoms with Crippen LogP contribution in [0.15, 0.2) is 30.3 Å². The molecular formula is C17H26ClN3O2. The molecular weight excluding hydrogens is 314 g/mol. The van der Waals surface area contributed by atoms with E-state index in [9.17, 15) is 9.59 Å². The molecule has 1 saturated heterocycles. The van der Waals surface area contributed by atoms with Crippen LogP contribution in [0.3, 0.4) is 0 Å². The van der Waals surface area contributed by atoms with Gasteiger partial charge in [0, 0.05) is 13.1 Å². The normalized spacial score (nSPS) is 16.9. The Morgan fingerprint density at radius 3 is 2.39 bits per heavy atom. The van der Waals surface area contributed by atoms with Gasteiger partial charge in [-0.3, -0.25) is 9.59 Å². The average Bonchev–Trinajstić information content (AvgIpc) is 2.55. The molecule has 6 heteroatoms. The van der Waals surface area contributed by atoms with Crippen LogP contribution in [-0.2, 0) is 16.0 Å². The number of likely N-dealkylation sites (tertiary alicyclic amines) is 1. The highest BCUT2D eigenvalue weighted by atomic mass is 35.5. The third-order valence-electron chi connectivity index (χ3n) is 4.03. The summed E-state index contributed by atoms with van der Waals surface area (Å²) < 4.78 is 0. The molecule has 1 aliphatic heterocycles. The molecule has 1 fully saturated rings. The van der Waals surface area contributed by atoms with Crippen LogP contribution < -0.4 is 11.1 Å². The molecule has 0 radical (unpaired) electrons. The first kappa shape index (κ1) is 19.5. The van der Waals surface area contributed by atoms with Crippen molar-refractivity contribution in [2.24, 2.45) is 5.73 Å². The predicted octanol–water partition coefficient (Wildman–Crippen LogP) is 1.50. The molecule has 2 amide bonds. The zero-order chi connectivity index (χ0) is 15.9. The first-order chi connectivity index (χ1) is 10.6. The molecule has 2 rings (SSSR count). The van der Waals surface area contributed by atoms with E-state index >= 15 is 0 Å². The number of nitrogens with zero attached hydrogens (tertiary/aromatic N) is 1. The van der Waals surface area contributed by atoms with Gasteiger partial charge >= 0.3 is 0 Å². The van der Waals surface area contributed by atoms with Gasteiger partial charge in [0.25, 0.3) is 0 Å². The Bertz CT molecular complexity index is 504. The summed E-state index contributed by atoms with van der Waals surface area (Å²) in [5, 5.41) is 2.74. The SMILES string of the molecule is CC(NC(=O)[C@@H](N)Cc1ccccc1)C(=O)N1CCCCC1.Cl. The molecule has 1 aliphatic rings. The lowest BCUT2D eigenvalue weighted by Crippen LogP contribution is -2.52. The van der Waals surface area contributed by atoms with E-state index in [4.69, 9.17) is 5.73 Å². The van der Waals surface area contributed by atoms with Crippen LogP contribution >= 0.6 is 12.4 Å². The van der Waals surface area contributed by atoms with E-state index in [2.05, 4.69) is 5.32 Å². The van der Waals surface area contributed by atoms with E-state index in [1.807, 2.05) is 35.2 Å². The number of hydrogen-bond acceptors (Lipinski definition) is 3. The zero-order valence-electron chi connectivity index (χ0n) is 13.5. The van der Waals surface area contributed by atoms with Gasteiger partial charge in [-0.2, -0.15) is 0 Å². The molecule has 0 aromatic heterocycles. The number of halogens is 1. The second-order valence-electron chi connectivity index (χ2n) is 5.91. The molecule has 0 spiro atoms. The number of carbonyl (C=O) groups excluding carboxylic acids is 2. The summed E-state index contributed by atoms with van der Waals surface area (Å²) in [6, 6.07) is 8.48. The average molecular weight is 340 g/mol. The number of rotatable bonds is 5. The van der Waals surface area contributed by atoms with Crippen molar-refractivity contribution in [1.29, 1.82) is 0 Å². The number of amides is 2. The Labute approximate surface area is 144 Å². The highest BCUT2D eigenvalue weighted by molar-refractivity contribution is 5.89. The molecule has 0 aliphatic carbocycles. The van der Waals surface area contributed by atoms with E-state index in [1.165, 1.54) is 6.42 Å². The van der Waals surface area contributed by atoms with Crippen LogP contribution in [0.25, 0.3) is 0 Å². The predicted molar refractivity (Wildman–Crippen MR) is 93.4 cm³/mol. The number of benzene rings is 1. The van der Waals surface area contributed by atoms with Crippen molar-refractivity contribution >= 4 is 24.2 Å². The first-order valence-corrected chi connectivity index (χ1v) is 7.96. The van der Waals surface area contributed by atoms with Crippen molar-refractivity contribution in [3.05, 3.63) is 35.9 Å². The van der Waals surface area contributed by atoms with Crippen LogP contribution in [0.4, 0.5) is 0 Å². The van der Waals surface area contributed by atoms with Crippen LogP contribution in [-0.4, -0.2) is 41.9 Å². The van der Waals surface area contributed by atoms with E-state index < -0.39 is 12.1 Å². The second kappa shape index (κ2) is 9.53. The highest BCUT2D eigenvalue weighted by Crippen LogP contribution is 2.10. The molecule has 0 bridgehead atoms. The van der Waals surface area contributed by atoms with Crippen molar-refractivity contribution in [1.82, 2.24) is 10.2 Å². The van der Waals surface area contributed by atoms with Crippen molar-refractivity contribution in [3.63, 3.8) is 0 Å². The van der Waals surface area contributed by atoms with Gasteiger partial charge in [-0.05, 0) is 38.2 Å². The van der Waals surface area contributed by atoms with Crippen LogP contribution in [0.5, 0.6) is 0 Å². The number of nitrogens with two attached hydrogens (primary N) is 1. The quantitative estimate of drug-likeness (QED) is 0.853. The minimum absolute atomic E-state index is 0. The lowest BCUT2D eigenvalue weighted by Gasteiger charge is -2.29. The van der Waals surface area contributed by atoms with Gasteiger partial charge in [-0.15, -0.1) is 12.4 Å². The van der Waals surface area contributed by atoms with Crippen molar-refractivity contribution in [2.75, 3.05) is 13.1 Å². The maximum absolute atomic E-state index is 12.3. The third-order valence-corrected chi connectivity index (χ3v) is 4.03. The molecule has 1 heterocycles. The third kappa shape index (κ3) is 5.84. The second-order valence-corrected chi connectivity index (χ2v) is 5.91. The number of carbonyl (C=O) groups is 2. The Hall–Kier alpha value is -1.59. The molecule has 1 aromatic carbocycles. The Kier molecular flexibility index (Phi) is 8.06. The molecule has 0 saturated carbocycles. The number of nitrogens with one attached hydrogen (secondary N) is 1. The Balaban J connectivity index is 0.00000264. The molecule has 128 valence electrons. The van der Waals surface area contributed by atoms with Crippen LogP contribution in [0.2, 0.25) is 0 Å². The number of piperidine rings is 1. The molecule has 1 unspecified atom stereocenters. The van der Waals surface area contributed by atoms with Gasteiger partial charge in [0.2, 0.25) is 11.8 Å². The van der Waals surface area contributed by atoms with Gasteiger partial charge in [-0.1, -0.05) is 30.3 Å². The fraction of sp³-hybridized carbons (Fsp3) is 0.529. The van der Waals surface area contributed by atoms with E-state index in [0.717, 1.165) is 31.5 Å². The van der Waals surface area contributed by atoms with Gasteiger partial charge in [0.15, 0.2) is 0 Å². The first-order valence-electron chi connectivity index (χ1n) is 7.96. The summed E-state index contributed by atoms with van der Waals surface area (Å²) in [4.78, 5) is 26.3. The summed E-state index contributed by atoms with van der Waals surface area (Å²) >= 11 is 0. The van der Waals surface area contributed by atoms with E-state index in [0.29, 0.717) is 6.42 Å². The molecule has 23 heavy (non-hydrogen) atoms. The Morgan fingerprint density at radius 1 is 1.17 bits per heavy atom. The summed E-state index contributed by atoms with van der Waals surface area (Å²) in [7, 11) is 0. The Morgan fingerprint density at radius 2 is 1.78 bits per heavy atom. The van der Waals surface area contributed by atoms with Crippen LogP contribution in [0, 0.1) is 0 Å². The van der Waals surface area contributed by atoms with Gasteiger partial charge in [-0.25, -0.2) is 0 Å². The van der Waals surface area contributed by atoms with Gasteiger partial charge in [0.05, 0.1) is 6.04 Å². The maximum Gasteiger partial charge on any atom is 0.244 e. The van der Waals surface area contributed by atoms with Crippen LogP contribution in [0.1, 0.15) is 31.7 Å². The van der Waals surface area contributed by atoms with E-state index in [-0.39, 0.29) is 24.2 Å². The molecule has 1 aromatic rings.